The molecule has 0 spiro atoms. The number of hydrogen-bond acceptors (Lipinski definition) is 1. The zero-order valence-corrected chi connectivity index (χ0v) is 17.1. The average Bonchev–Trinajstić information content (AvgIpc) is 2.65. The second-order valence-electron chi connectivity index (χ2n) is 7.71. The molecule has 0 aliphatic rings. The van der Waals surface area contributed by atoms with E-state index in [2.05, 4.69) is 6.92 Å². The Kier molecular flexibility index (Phi) is 8.09. The van der Waals surface area contributed by atoms with Crippen LogP contribution in [0, 0.1) is 13.8 Å². The summed E-state index contributed by atoms with van der Waals surface area (Å²) < 4.78 is 0. The van der Waals surface area contributed by atoms with Crippen molar-refractivity contribution in [1.29, 1.82) is 0 Å². The van der Waals surface area contributed by atoms with Crippen molar-refractivity contribution < 1.29 is 9.90 Å². The Balaban J connectivity index is 2.32. The van der Waals surface area contributed by atoms with E-state index in [9.17, 15) is 9.90 Å². The van der Waals surface area contributed by atoms with Crippen LogP contribution in [0.3, 0.4) is 0 Å². The molecule has 0 heterocycles. The van der Waals surface area contributed by atoms with Crippen LogP contribution in [0.1, 0.15) is 80.5 Å². The van der Waals surface area contributed by atoms with Crippen molar-refractivity contribution in [3.63, 3.8) is 0 Å². The van der Waals surface area contributed by atoms with Gasteiger partial charge in [0, 0.05) is 0 Å². The van der Waals surface area contributed by atoms with Gasteiger partial charge in [0.25, 0.3) is 0 Å². The van der Waals surface area contributed by atoms with E-state index in [-0.39, 0.29) is 0 Å². The smallest absolute Gasteiger partial charge is 0.318 e. The Labute approximate surface area is 164 Å². The molecular weight excluding hydrogens is 332 g/mol. The van der Waals surface area contributed by atoms with Gasteiger partial charge in [-0.1, -0.05) is 100 Å². The number of carbonyl (C=O) groups is 1. The van der Waals surface area contributed by atoms with Crippen molar-refractivity contribution >= 4 is 5.97 Å². The summed E-state index contributed by atoms with van der Waals surface area (Å²) in [5.74, 6) is -0.739. The lowest BCUT2D eigenvalue weighted by Crippen LogP contribution is -2.38. The van der Waals surface area contributed by atoms with Crippen molar-refractivity contribution in [2.24, 2.45) is 0 Å². The van der Waals surface area contributed by atoms with Crippen LogP contribution in [0.2, 0.25) is 0 Å². The topological polar surface area (TPSA) is 37.3 Å². The van der Waals surface area contributed by atoms with Gasteiger partial charge in [0.2, 0.25) is 0 Å². The van der Waals surface area contributed by atoms with E-state index in [1.54, 1.807) is 0 Å². The highest BCUT2D eigenvalue weighted by Crippen LogP contribution is 2.41. The fraction of sp³-hybridized carbons (Fsp3) is 0.480. The summed E-state index contributed by atoms with van der Waals surface area (Å²) in [7, 11) is 0. The van der Waals surface area contributed by atoms with E-state index in [4.69, 9.17) is 0 Å². The number of aliphatic carboxylic acids is 1. The first-order valence-electron chi connectivity index (χ1n) is 10.4. The zero-order valence-electron chi connectivity index (χ0n) is 17.1. The summed E-state index contributed by atoms with van der Waals surface area (Å²) in [5.41, 5.74) is 2.98. The number of benzene rings is 2. The maximum Gasteiger partial charge on any atom is 0.318 e. The fourth-order valence-corrected chi connectivity index (χ4v) is 4.20. The van der Waals surface area contributed by atoms with E-state index in [1.807, 2.05) is 62.4 Å². The lowest BCUT2D eigenvalue weighted by atomic mass is 9.68. The van der Waals surface area contributed by atoms with E-state index in [0.29, 0.717) is 6.42 Å². The lowest BCUT2D eigenvalue weighted by Gasteiger charge is -2.33. The molecule has 0 fully saturated rings. The molecule has 0 amide bonds. The minimum absolute atomic E-state index is 0.645. The van der Waals surface area contributed by atoms with Crippen LogP contribution in [0.5, 0.6) is 0 Å². The number of carboxylic acids is 1. The molecule has 0 atom stereocenters. The molecule has 0 unspecified atom stereocenters. The van der Waals surface area contributed by atoms with E-state index in [0.717, 1.165) is 35.1 Å². The summed E-state index contributed by atoms with van der Waals surface area (Å²) in [5, 5.41) is 10.5. The lowest BCUT2D eigenvalue weighted by molar-refractivity contribution is -0.142. The Bertz CT molecular complexity index is 687. The molecule has 1 N–H and O–H groups in total. The first-order chi connectivity index (χ1) is 13.0. The number of rotatable bonds is 11. The van der Waals surface area contributed by atoms with Crippen molar-refractivity contribution in [3.8, 4) is 0 Å². The molecule has 0 aliphatic heterocycles. The number of aryl methyl sites for hydroxylation is 2. The molecule has 0 aliphatic carbocycles. The Hall–Kier alpha value is -2.09. The first kappa shape index (κ1) is 21.2. The normalized spacial score (nSPS) is 11.5. The van der Waals surface area contributed by atoms with Gasteiger partial charge in [-0.3, -0.25) is 4.79 Å². The molecule has 146 valence electrons. The molecule has 2 rings (SSSR count). The van der Waals surface area contributed by atoms with Crippen LogP contribution in [0.15, 0.2) is 48.5 Å². The molecule has 2 heteroatoms. The van der Waals surface area contributed by atoms with E-state index in [1.165, 1.54) is 32.1 Å². The molecule has 0 bridgehead atoms. The third kappa shape index (κ3) is 5.00. The number of unbranched alkanes of at least 4 members (excludes halogenated alkanes) is 6. The zero-order chi connectivity index (χ0) is 19.7. The van der Waals surface area contributed by atoms with Crippen LogP contribution in [-0.4, -0.2) is 11.1 Å². The molecule has 2 nitrogen and oxygen atoms in total. The van der Waals surface area contributed by atoms with Crippen molar-refractivity contribution in [1.82, 2.24) is 0 Å². The van der Waals surface area contributed by atoms with E-state index < -0.39 is 11.4 Å². The van der Waals surface area contributed by atoms with Crippen LogP contribution in [-0.2, 0) is 10.2 Å². The molecular formula is C25H34O2. The second-order valence-corrected chi connectivity index (χ2v) is 7.71. The van der Waals surface area contributed by atoms with E-state index >= 15 is 0 Å². The van der Waals surface area contributed by atoms with Gasteiger partial charge in [-0.25, -0.2) is 0 Å². The van der Waals surface area contributed by atoms with Crippen LogP contribution < -0.4 is 0 Å². The summed E-state index contributed by atoms with van der Waals surface area (Å²) in [6, 6.07) is 15.9. The highest BCUT2D eigenvalue weighted by molar-refractivity contribution is 5.87. The predicted molar refractivity (Wildman–Crippen MR) is 113 cm³/mol. The van der Waals surface area contributed by atoms with Crippen LogP contribution in [0.4, 0.5) is 0 Å². The van der Waals surface area contributed by atoms with Gasteiger partial charge >= 0.3 is 5.97 Å². The maximum absolute atomic E-state index is 12.7. The second kappa shape index (κ2) is 10.3. The predicted octanol–water partition coefficient (Wildman–Crippen LogP) is 6.81. The van der Waals surface area contributed by atoms with Crippen LogP contribution >= 0.6 is 0 Å². The summed E-state index contributed by atoms with van der Waals surface area (Å²) in [6.45, 7) is 6.28. The monoisotopic (exact) mass is 366 g/mol. The van der Waals surface area contributed by atoms with Crippen molar-refractivity contribution in [2.45, 2.75) is 77.6 Å². The average molecular weight is 367 g/mol. The summed E-state index contributed by atoms with van der Waals surface area (Å²) >= 11 is 0. The van der Waals surface area contributed by atoms with Gasteiger partial charge in [-0.2, -0.15) is 0 Å². The van der Waals surface area contributed by atoms with Gasteiger partial charge in [0.1, 0.15) is 5.41 Å². The third-order valence-electron chi connectivity index (χ3n) is 5.73. The minimum Gasteiger partial charge on any atom is -0.480 e. The van der Waals surface area contributed by atoms with Crippen molar-refractivity contribution in [3.05, 3.63) is 70.8 Å². The Morgan fingerprint density at radius 1 is 0.778 bits per heavy atom. The SMILES string of the molecule is CCCCCCCCCC(C(=O)O)(c1ccccc1C)c1ccccc1C. The van der Waals surface area contributed by atoms with Gasteiger partial charge in [-0.05, 0) is 42.5 Å². The molecule has 0 radical (unpaired) electrons. The Morgan fingerprint density at radius 2 is 1.22 bits per heavy atom. The van der Waals surface area contributed by atoms with Gasteiger partial charge in [-0.15, -0.1) is 0 Å². The van der Waals surface area contributed by atoms with Crippen molar-refractivity contribution in [2.75, 3.05) is 0 Å². The Morgan fingerprint density at radius 3 is 1.67 bits per heavy atom. The molecule has 0 saturated heterocycles. The quantitative estimate of drug-likeness (QED) is 0.443. The summed E-state index contributed by atoms with van der Waals surface area (Å²) in [4.78, 5) is 12.7. The standard InChI is InChI=1S/C25H34O2/c1-4-5-6-7-8-9-14-19-25(24(26)27,22-17-12-10-15-20(22)2)23-18-13-11-16-21(23)3/h10-13,15-18H,4-9,14,19H2,1-3H3,(H,26,27). The molecule has 2 aromatic rings. The van der Waals surface area contributed by atoms with Gasteiger partial charge < -0.3 is 5.11 Å². The van der Waals surface area contributed by atoms with Crippen LogP contribution in [0.25, 0.3) is 0 Å². The minimum atomic E-state index is -0.972. The first-order valence-corrected chi connectivity index (χ1v) is 10.4. The molecule has 2 aromatic carbocycles. The van der Waals surface area contributed by atoms with Gasteiger partial charge in [0.05, 0.1) is 0 Å². The number of hydrogen-bond donors (Lipinski definition) is 1. The van der Waals surface area contributed by atoms with Gasteiger partial charge in [0.15, 0.2) is 0 Å². The maximum atomic E-state index is 12.7. The number of carboxylic acid groups (broad SMARTS) is 1. The molecule has 27 heavy (non-hydrogen) atoms. The summed E-state index contributed by atoms with van der Waals surface area (Å²) in [6.07, 6.45) is 8.95. The molecule has 0 aromatic heterocycles. The third-order valence-corrected chi connectivity index (χ3v) is 5.73. The highest BCUT2D eigenvalue weighted by Gasteiger charge is 2.43. The highest BCUT2D eigenvalue weighted by atomic mass is 16.4. The molecule has 0 saturated carbocycles. The fourth-order valence-electron chi connectivity index (χ4n) is 4.20. The largest absolute Gasteiger partial charge is 0.480 e.